The highest BCUT2D eigenvalue weighted by atomic mass is 35.5. The standard InChI is InChI=1S/C6H11ClN2O4S/c1-14(12,13)3-2-8-6(11)9-5(10)4-7/h2-4H2,1H3,(H2,8,9,10,11). The molecule has 82 valence electrons. The lowest BCUT2D eigenvalue weighted by molar-refractivity contribution is -0.117. The molecule has 0 aliphatic rings. The summed E-state index contributed by atoms with van der Waals surface area (Å²) in [5.41, 5.74) is 0. The lowest BCUT2D eigenvalue weighted by atomic mass is 10.6. The number of halogens is 1. The van der Waals surface area contributed by atoms with Crippen molar-refractivity contribution in [2.24, 2.45) is 0 Å². The van der Waals surface area contributed by atoms with Crippen molar-refractivity contribution < 1.29 is 18.0 Å². The van der Waals surface area contributed by atoms with Gasteiger partial charge in [0.25, 0.3) is 0 Å². The predicted octanol–water partition coefficient (Wildman–Crippen LogP) is -0.904. The first-order valence-corrected chi connectivity index (χ1v) is 6.26. The van der Waals surface area contributed by atoms with E-state index in [1.54, 1.807) is 0 Å². The van der Waals surface area contributed by atoms with Gasteiger partial charge >= 0.3 is 6.03 Å². The Kier molecular flexibility index (Phi) is 5.47. The number of imide groups is 1. The van der Waals surface area contributed by atoms with Crippen molar-refractivity contribution in [3.05, 3.63) is 0 Å². The number of rotatable bonds is 4. The molecule has 6 nitrogen and oxygen atoms in total. The van der Waals surface area contributed by atoms with Crippen LogP contribution in [-0.2, 0) is 14.6 Å². The van der Waals surface area contributed by atoms with Crippen LogP contribution in [0.4, 0.5) is 4.79 Å². The lowest BCUT2D eigenvalue weighted by Gasteiger charge is -2.03. The van der Waals surface area contributed by atoms with Crippen LogP contribution in [0.1, 0.15) is 0 Å². The molecule has 0 bridgehead atoms. The van der Waals surface area contributed by atoms with Gasteiger partial charge in [-0.3, -0.25) is 10.1 Å². The van der Waals surface area contributed by atoms with Crippen LogP contribution >= 0.6 is 11.6 Å². The van der Waals surface area contributed by atoms with Crippen molar-refractivity contribution in [2.45, 2.75) is 0 Å². The van der Waals surface area contributed by atoms with Crippen LogP contribution in [0.3, 0.4) is 0 Å². The molecule has 0 spiro atoms. The fourth-order valence-corrected chi connectivity index (χ4v) is 1.09. The van der Waals surface area contributed by atoms with E-state index in [9.17, 15) is 18.0 Å². The zero-order valence-electron chi connectivity index (χ0n) is 7.54. The van der Waals surface area contributed by atoms with Gasteiger partial charge in [-0.2, -0.15) is 0 Å². The molecule has 2 N–H and O–H groups in total. The molecule has 0 heterocycles. The summed E-state index contributed by atoms with van der Waals surface area (Å²) in [5, 5.41) is 4.10. The van der Waals surface area contributed by atoms with Gasteiger partial charge in [-0.25, -0.2) is 13.2 Å². The summed E-state index contributed by atoms with van der Waals surface area (Å²) in [6, 6.07) is -0.751. The van der Waals surface area contributed by atoms with Crippen molar-refractivity contribution in [1.82, 2.24) is 10.6 Å². The molecule has 0 radical (unpaired) electrons. The average molecular weight is 243 g/mol. The van der Waals surface area contributed by atoms with Crippen LogP contribution in [0.5, 0.6) is 0 Å². The van der Waals surface area contributed by atoms with Crippen molar-refractivity contribution in [2.75, 3.05) is 24.4 Å². The molecule has 0 saturated carbocycles. The van der Waals surface area contributed by atoms with Gasteiger partial charge in [0.1, 0.15) is 15.7 Å². The topological polar surface area (TPSA) is 92.3 Å². The van der Waals surface area contributed by atoms with Crippen LogP contribution in [0.2, 0.25) is 0 Å². The summed E-state index contributed by atoms with van der Waals surface area (Å²) >= 11 is 5.11. The Morgan fingerprint density at radius 3 is 2.36 bits per heavy atom. The number of urea groups is 1. The summed E-state index contributed by atoms with van der Waals surface area (Å²) in [4.78, 5) is 21.4. The smallest absolute Gasteiger partial charge is 0.321 e. The van der Waals surface area contributed by atoms with Gasteiger partial charge < -0.3 is 5.32 Å². The maximum atomic E-state index is 10.8. The molecule has 14 heavy (non-hydrogen) atoms. The van der Waals surface area contributed by atoms with E-state index in [4.69, 9.17) is 11.6 Å². The van der Waals surface area contributed by atoms with Crippen LogP contribution in [0.25, 0.3) is 0 Å². The largest absolute Gasteiger partial charge is 0.337 e. The van der Waals surface area contributed by atoms with Gasteiger partial charge in [0.15, 0.2) is 0 Å². The summed E-state index contributed by atoms with van der Waals surface area (Å²) in [5.74, 6) is -1.13. The first-order valence-electron chi connectivity index (χ1n) is 3.66. The number of carbonyl (C=O) groups excluding carboxylic acids is 2. The Bertz CT molecular complexity index is 314. The van der Waals surface area contributed by atoms with E-state index in [1.807, 2.05) is 5.32 Å². The van der Waals surface area contributed by atoms with E-state index in [0.29, 0.717) is 0 Å². The quantitative estimate of drug-likeness (QED) is 0.625. The van der Waals surface area contributed by atoms with E-state index in [-0.39, 0.29) is 18.2 Å². The number of amides is 3. The Hall–Kier alpha value is -0.820. The second-order valence-corrected chi connectivity index (χ2v) is 5.09. The minimum absolute atomic E-state index is 0.0414. The van der Waals surface area contributed by atoms with Gasteiger partial charge in [-0.1, -0.05) is 0 Å². The van der Waals surface area contributed by atoms with Crippen molar-refractivity contribution in [3.8, 4) is 0 Å². The summed E-state index contributed by atoms with van der Waals surface area (Å²) in [7, 11) is -3.11. The molecule has 0 unspecified atom stereocenters. The van der Waals surface area contributed by atoms with Crippen LogP contribution in [0, 0.1) is 0 Å². The zero-order valence-corrected chi connectivity index (χ0v) is 9.11. The molecule has 0 aliphatic carbocycles. The molecular formula is C6H11ClN2O4S. The Balaban J connectivity index is 3.71. The molecule has 8 heteroatoms. The fraction of sp³-hybridized carbons (Fsp3) is 0.667. The molecule has 0 aromatic rings. The molecule has 0 saturated heterocycles. The van der Waals surface area contributed by atoms with Crippen LogP contribution < -0.4 is 10.6 Å². The van der Waals surface area contributed by atoms with Gasteiger partial charge in [0.2, 0.25) is 5.91 Å². The molecular weight excluding hydrogens is 232 g/mol. The van der Waals surface area contributed by atoms with Crippen LogP contribution in [0.15, 0.2) is 0 Å². The molecule has 0 aliphatic heterocycles. The number of alkyl halides is 1. The first-order chi connectivity index (χ1) is 6.35. The number of sulfone groups is 1. The monoisotopic (exact) mass is 242 g/mol. The van der Waals surface area contributed by atoms with Crippen molar-refractivity contribution >= 4 is 33.4 Å². The van der Waals surface area contributed by atoms with E-state index < -0.39 is 21.8 Å². The third-order valence-corrected chi connectivity index (χ3v) is 2.32. The third-order valence-electron chi connectivity index (χ3n) is 1.13. The van der Waals surface area contributed by atoms with E-state index in [1.165, 1.54) is 0 Å². The zero-order chi connectivity index (χ0) is 11.2. The maximum absolute atomic E-state index is 10.8. The molecule has 0 rings (SSSR count). The number of hydrogen-bond donors (Lipinski definition) is 2. The van der Waals surface area contributed by atoms with Crippen molar-refractivity contribution in [3.63, 3.8) is 0 Å². The fourth-order valence-electron chi connectivity index (χ4n) is 0.554. The molecule has 0 aromatic heterocycles. The molecule has 0 atom stereocenters. The maximum Gasteiger partial charge on any atom is 0.321 e. The number of carbonyl (C=O) groups is 2. The van der Waals surface area contributed by atoms with Gasteiger partial charge in [0, 0.05) is 12.8 Å². The average Bonchev–Trinajstić information content (AvgIpc) is 2.01. The predicted molar refractivity (Wildman–Crippen MR) is 52.0 cm³/mol. The second kappa shape index (κ2) is 5.82. The Morgan fingerprint density at radius 2 is 1.93 bits per heavy atom. The summed E-state index contributed by atoms with van der Waals surface area (Å²) in [6.07, 6.45) is 1.05. The van der Waals surface area contributed by atoms with E-state index >= 15 is 0 Å². The normalized spacial score (nSPS) is 10.7. The molecule has 0 fully saturated rings. The van der Waals surface area contributed by atoms with Crippen molar-refractivity contribution in [1.29, 1.82) is 0 Å². The summed E-state index contributed by atoms with van der Waals surface area (Å²) < 4.78 is 21.3. The second-order valence-electron chi connectivity index (χ2n) is 2.57. The van der Waals surface area contributed by atoms with Gasteiger partial charge in [-0.05, 0) is 0 Å². The SMILES string of the molecule is CS(=O)(=O)CCNC(=O)NC(=O)CCl. The lowest BCUT2D eigenvalue weighted by Crippen LogP contribution is -2.41. The minimum atomic E-state index is -3.11. The first kappa shape index (κ1) is 13.2. The Morgan fingerprint density at radius 1 is 1.36 bits per heavy atom. The highest BCUT2D eigenvalue weighted by molar-refractivity contribution is 7.90. The third kappa shape index (κ3) is 7.81. The number of hydrogen-bond acceptors (Lipinski definition) is 4. The van der Waals surface area contributed by atoms with Gasteiger partial charge in [-0.15, -0.1) is 11.6 Å². The highest BCUT2D eigenvalue weighted by Crippen LogP contribution is 1.80. The summed E-state index contributed by atoms with van der Waals surface area (Å²) in [6.45, 7) is -0.0414. The highest BCUT2D eigenvalue weighted by Gasteiger charge is 2.07. The van der Waals surface area contributed by atoms with E-state index in [2.05, 4.69) is 5.32 Å². The molecule has 3 amide bonds. The van der Waals surface area contributed by atoms with E-state index in [0.717, 1.165) is 6.26 Å². The minimum Gasteiger partial charge on any atom is -0.337 e. The van der Waals surface area contributed by atoms with Crippen LogP contribution in [-0.4, -0.2) is 44.8 Å². The van der Waals surface area contributed by atoms with Gasteiger partial charge in [0.05, 0.1) is 5.75 Å². The Labute approximate surface area is 86.9 Å². The molecule has 0 aromatic carbocycles. The number of nitrogens with one attached hydrogen (secondary N) is 2.